The van der Waals surface area contributed by atoms with Crippen molar-refractivity contribution in [1.82, 2.24) is 16.0 Å². The second-order valence-corrected chi connectivity index (χ2v) is 7.95. The molecule has 13 heteroatoms. The third-order valence-electron chi connectivity index (χ3n) is 4.78. The van der Waals surface area contributed by atoms with Gasteiger partial charge in [0.2, 0.25) is 17.7 Å². The van der Waals surface area contributed by atoms with Crippen LogP contribution in [0.4, 0.5) is 0 Å². The smallest absolute Gasteiger partial charge is 0.328 e. The van der Waals surface area contributed by atoms with Gasteiger partial charge in [-0.1, -0.05) is 26.0 Å². The van der Waals surface area contributed by atoms with Crippen molar-refractivity contribution in [3.8, 4) is 5.75 Å². The molecule has 188 valence electrons. The maximum atomic E-state index is 12.9. The van der Waals surface area contributed by atoms with Crippen molar-refractivity contribution in [3.05, 3.63) is 29.8 Å². The Labute approximate surface area is 195 Å². The molecule has 0 aliphatic carbocycles. The molecule has 4 atom stereocenters. The number of hydrogen-bond donors (Lipinski definition) is 8. The lowest BCUT2D eigenvalue weighted by Gasteiger charge is -2.26. The summed E-state index contributed by atoms with van der Waals surface area (Å²) in [4.78, 5) is 59.9. The molecule has 0 saturated carbocycles. The highest BCUT2D eigenvalue weighted by Crippen LogP contribution is 2.12. The summed E-state index contributed by atoms with van der Waals surface area (Å²) < 4.78 is 0. The quantitative estimate of drug-likeness (QED) is 0.153. The molecule has 3 amide bonds. The summed E-state index contributed by atoms with van der Waals surface area (Å²) >= 11 is 0. The number of nitrogens with two attached hydrogens (primary N) is 1. The maximum Gasteiger partial charge on any atom is 0.328 e. The third-order valence-corrected chi connectivity index (χ3v) is 4.78. The Bertz CT molecular complexity index is 889. The number of carbonyl (C=O) groups is 5. The molecule has 9 N–H and O–H groups in total. The van der Waals surface area contributed by atoms with Gasteiger partial charge < -0.3 is 42.1 Å². The second-order valence-electron chi connectivity index (χ2n) is 7.95. The molecule has 1 aromatic carbocycles. The molecule has 0 saturated heterocycles. The highest BCUT2D eigenvalue weighted by Gasteiger charge is 2.32. The zero-order valence-electron chi connectivity index (χ0n) is 18.7. The van der Waals surface area contributed by atoms with Crippen molar-refractivity contribution in [2.45, 2.75) is 50.9 Å². The van der Waals surface area contributed by atoms with E-state index in [4.69, 9.17) is 15.9 Å². The summed E-state index contributed by atoms with van der Waals surface area (Å²) in [6, 6.07) is 0.211. The molecule has 1 rings (SSSR count). The molecule has 0 bridgehead atoms. The Kier molecular flexibility index (Phi) is 10.9. The summed E-state index contributed by atoms with van der Waals surface area (Å²) in [6.07, 6.45) is -0.755. The number of aliphatic carboxylic acids is 2. The van der Waals surface area contributed by atoms with E-state index in [1.54, 1.807) is 13.8 Å². The van der Waals surface area contributed by atoms with Gasteiger partial charge in [0.15, 0.2) is 0 Å². The molecule has 34 heavy (non-hydrogen) atoms. The summed E-state index contributed by atoms with van der Waals surface area (Å²) in [5.74, 6) is -5.86. The molecule has 0 aliphatic heterocycles. The van der Waals surface area contributed by atoms with Gasteiger partial charge in [0.05, 0.1) is 19.1 Å². The number of phenols is 1. The minimum atomic E-state index is -1.61. The first-order valence-corrected chi connectivity index (χ1v) is 10.4. The summed E-state index contributed by atoms with van der Waals surface area (Å²) in [5.41, 5.74) is 6.06. The average Bonchev–Trinajstić information content (AvgIpc) is 2.75. The Morgan fingerprint density at radius 2 is 1.44 bits per heavy atom. The topological polar surface area (TPSA) is 228 Å². The van der Waals surface area contributed by atoms with Crippen LogP contribution in [0.25, 0.3) is 0 Å². The van der Waals surface area contributed by atoms with E-state index in [0.29, 0.717) is 5.56 Å². The summed E-state index contributed by atoms with van der Waals surface area (Å²) in [7, 11) is 0. The lowest BCUT2D eigenvalue weighted by atomic mass is 10.00. The van der Waals surface area contributed by atoms with Crippen LogP contribution in [0.5, 0.6) is 5.75 Å². The molecular weight excluding hydrogens is 452 g/mol. The van der Waals surface area contributed by atoms with Crippen molar-refractivity contribution in [1.29, 1.82) is 0 Å². The number of rotatable bonds is 13. The number of hydrogen-bond acceptors (Lipinski definition) is 8. The molecule has 0 aliphatic rings. The Balaban J connectivity index is 3.08. The number of phenolic OH excluding ortho intramolecular Hbond substituents is 1. The predicted molar refractivity (Wildman–Crippen MR) is 117 cm³/mol. The number of carbonyl (C=O) groups excluding carboxylic acids is 3. The minimum Gasteiger partial charge on any atom is -0.508 e. The van der Waals surface area contributed by atoms with Crippen LogP contribution in [0, 0.1) is 5.92 Å². The van der Waals surface area contributed by atoms with Gasteiger partial charge in [-0.05, 0) is 23.6 Å². The number of amides is 3. The average molecular weight is 482 g/mol. The molecule has 4 unspecified atom stereocenters. The number of nitrogens with one attached hydrogen (secondary N) is 3. The highest BCUT2D eigenvalue weighted by atomic mass is 16.4. The first-order valence-electron chi connectivity index (χ1n) is 10.4. The molecular formula is C21H30N4O9. The van der Waals surface area contributed by atoms with Crippen molar-refractivity contribution in [2.75, 3.05) is 6.61 Å². The summed E-state index contributed by atoms with van der Waals surface area (Å²) in [5, 5.41) is 43.5. The number of aliphatic hydroxyl groups excluding tert-OH is 1. The normalized spacial score (nSPS) is 14.4. The van der Waals surface area contributed by atoms with E-state index >= 15 is 0 Å². The maximum absolute atomic E-state index is 12.9. The zero-order valence-corrected chi connectivity index (χ0v) is 18.7. The van der Waals surface area contributed by atoms with Gasteiger partial charge in [-0.2, -0.15) is 0 Å². The van der Waals surface area contributed by atoms with Gasteiger partial charge in [-0.3, -0.25) is 19.2 Å². The Morgan fingerprint density at radius 3 is 1.91 bits per heavy atom. The lowest BCUT2D eigenvalue weighted by Crippen LogP contribution is -2.59. The molecule has 0 spiro atoms. The molecule has 0 aromatic heterocycles. The van der Waals surface area contributed by atoms with Crippen LogP contribution in [0.2, 0.25) is 0 Å². The zero-order chi connectivity index (χ0) is 26.0. The molecule has 1 aromatic rings. The SMILES string of the molecule is CC(C)C(NC(=O)C(N)CC(=O)O)C(=O)NC(Cc1ccc(O)cc1)C(=O)NC(CO)C(=O)O. The Hall–Kier alpha value is -3.71. The van der Waals surface area contributed by atoms with Crippen molar-refractivity contribution in [3.63, 3.8) is 0 Å². The van der Waals surface area contributed by atoms with Gasteiger partial charge >= 0.3 is 11.9 Å². The molecule has 0 fully saturated rings. The standard InChI is InChI=1S/C21H30N4O9/c1-10(2)17(25-18(30)13(22)8-16(28)29)20(32)23-14(7-11-3-5-12(27)6-4-11)19(31)24-15(9-26)21(33)34/h3-6,10,13-15,17,26-27H,7-9,22H2,1-2H3,(H,23,32)(H,24,31)(H,25,30)(H,28,29)(H,33,34). The number of aromatic hydroxyl groups is 1. The van der Waals surface area contributed by atoms with Crippen LogP contribution < -0.4 is 21.7 Å². The van der Waals surface area contributed by atoms with Gasteiger partial charge in [-0.15, -0.1) is 0 Å². The number of benzene rings is 1. The van der Waals surface area contributed by atoms with Gasteiger partial charge in [0, 0.05) is 6.42 Å². The fraction of sp³-hybridized carbons (Fsp3) is 0.476. The minimum absolute atomic E-state index is 0.0275. The predicted octanol–water partition coefficient (Wildman–Crippen LogP) is -2.08. The first-order chi connectivity index (χ1) is 15.8. The van der Waals surface area contributed by atoms with Crippen molar-refractivity contribution >= 4 is 29.7 Å². The Morgan fingerprint density at radius 1 is 0.882 bits per heavy atom. The molecule has 13 nitrogen and oxygen atoms in total. The second kappa shape index (κ2) is 13.1. The van der Waals surface area contributed by atoms with E-state index in [-0.39, 0.29) is 12.2 Å². The first kappa shape index (κ1) is 28.3. The largest absolute Gasteiger partial charge is 0.508 e. The van der Waals surface area contributed by atoms with Crippen LogP contribution in [-0.4, -0.2) is 80.9 Å². The van der Waals surface area contributed by atoms with Gasteiger partial charge in [0.25, 0.3) is 0 Å². The van der Waals surface area contributed by atoms with Crippen LogP contribution in [0.15, 0.2) is 24.3 Å². The highest BCUT2D eigenvalue weighted by molar-refractivity contribution is 5.95. The number of carboxylic acid groups (broad SMARTS) is 2. The van der Waals surface area contributed by atoms with Gasteiger partial charge in [0.1, 0.15) is 23.9 Å². The van der Waals surface area contributed by atoms with E-state index in [2.05, 4.69) is 16.0 Å². The number of aliphatic hydroxyl groups is 1. The fourth-order valence-electron chi connectivity index (χ4n) is 2.87. The number of carboxylic acids is 2. The van der Waals surface area contributed by atoms with Crippen molar-refractivity contribution in [2.24, 2.45) is 11.7 Å². The lowest BCUT2D eigenvalue weighted by molar-refractivity contribution is -0.143. The van der Waals surface area contributed by atoms with Crippen LogP contribution in [0.3, 0.4) is 0 Å². The van der Waals surface area contributed by atoms with Crippen molar-refractivity contribution < 1.29 is 44.4 Å². The molecule has 0 radical (unpaired) electrons. The van der Waals surface area contributed by atoms with E-state index in [1.807, 2.05) is 0 Å². The van der Waals surface area contributed by atoms with E-state index in [0.717, 1.165) is 0 Å². The van der Waals surface area contributed by atoms with Crippen LogP contribution in [-0.2, 0) is 30.4 Å². The van der Waals surface area contributed by atoms with Gasteiger partial charge in [-0.25, -0.2) is 4.79 Å². The van der Waals surface area contributed by atoms with Crippen LogP contribution in [0.1, 0.15) is 25.8 Å². The molecule has 0 heterocycles. The van der Waals surface area contributed by atoms with E-state index in [1.165, 1.54) is 24.3 Å². The summed E-state index contributed by atoms with van der Waals surface area (Å²) in [6.45, 7) is 2.33. The van der Waals surface area contributed by atoms with E-state index < -0.39 is 72.8 Å². The van der Waals surface area contributed by atoms with Crippen LogP contribution >= 0.6 is 0 Å². The third kappa shape index (κ3) is 9.03. The fourth-order valence-corrected chi connectivity index (χ4v) is 2.87. The van der Waals surface area contributed by atoms with E-state index in [9.17, 15) is 34.2 Å². The monoisotopic (exact) mass is 482 g/mol.